The first-order valence-corrected chi connectivity index (χ1v) is 11.6. The molecule has 2 aromatic rings. The van der Waals surface area contributed by atoms with E-state index in [1.54, 1.807) is 29.4 Å². The predicted molar refractivity (Wildman–Crippen MR) is 113 cm³/mol. The van der Waals surface area contributed by atoms with Crippen LogP contribution in [-0.2, 0) is 21.2 Å². The molecule has 1 aliphatic rings. The lowest BCUT2D eigenvalue weighted by Crippen LogP contribution is -2.50. The first-order valence-electron chi connectivity index (χ1n) is 10.2. The number of carbonyl (C=O) groups is 1. The SMILES string of the molecule is CC[C@@H](C)c1ccc(S(=O)(=O)N2CCN(C(=O)CCc3cccnc3)CC2)cc1. The zero-order valence-corrected chi connectivity index (χ0v) is 17.9. The molecule has 3 rings (SSSR count). The minimum absolute atomic E-state index is 0.0591. The van der Waals surface area contributed by atoms with Crippen molar-refractivity contribution in [3.63, 3.8) is 0 Å². The van der Waals surface area contributed by atoms with Crippen LogP contribution in [0.25, 0.3) is 0 Å². The van der Waals surface area contributed by atoms with E-state index in [4.69, 9.17) is 0 Å². The number of benzene rings is 1. The lowest BCUT2D eigenvalue weighted by Gasteiger charge is -2.34. The van der Waals surface area contributed by atoms with Crippen LogP contribution >= 0.6 is 0 Å². The van der Waals surface area contributed by atoms with Gasteiger partial charge >= 0.3 is 0 Å². The number of amides is 1. The number of rotatable bonds is 7. The van der Waals surface area contributed by atoms with Gasteiger partial charge in [0, 0.05) is 45.0 Å². The molecular weight excluding hydrogens is 386 g/mol. The van der Waals surface area contributed by atoms with E-state index in [1.165, 1.54) is 4.31 Å². The second-order valence-corrected chi connectivity index (χ2v) is 9.46. The van der Waals surface area contributed by atoms with Crippen molar-refractivity contribution >= 4 is 15.9 Å². The number of nitrogens with zero attached hydrogens (tertiary/aromatic N) is 3. The molecule has 0 saturated carbocycles. The van der Waals surface area contributed by atoms with E-state index in [0.29, 0.717) is 49.8 Å². The van der Waals surface area contributed by atoms with Gasteiger partial charge in [0.1, 0.15) is 0 Å². The van der Waals surface area contributed by atoms with Crippen molar-refractivity contribution in [2.45, 2.75) is 43.9 Å². The van der Waals surface area contributed by atoms with Gasteiger partial charge < -0.3 is 4.90 Å². The van der Waals surface area contributed by atoms with Crippen LogP contribution in [0.1, 0.15) is 43.7 Å². The van der Waals surface area contributed by atoms with E-state index in [-0.39, 0.29) is 5.91 Å². The van der Waals surface area contributed by atoms with Crippen LogP contribution < -0.4 is 0 Å². The Kier molecular flexibility index (Phi) is 7.03. The third-order valence-corrected chi connectivity index (χ3v) is 7.55. The van der Waals surface area contributed by atoms with Crippen LogP contribution in [0.4, 0.5) is 0 Å². The standard InChI is InChI=1S/C22H29N3O3S/c1-3-18(2)20-7-9-21(10-8-20)29(27,28)25-15-13-24(14-16-25)22(26)11-6-19-5-4-12-23-17-19/h4-5,7-10,12,17-18H,3,6,11,13-16H2,1-2H3/t18-/m1/s1. The molecule has 156 valence electrons. The molecule has 1 aliphatic heterocycles. The van der Waals surface area contributed by atoms with Crippen molar-refractivity contribution in [2.24, 2.45) is 0 Å². The van der Waals surface area contributed by atoms with E-state index in [0.717, 1.165) is 17.5 Å². The number of aromatic nitrogens is 1. The molecule has 6 nitrogen and oxygen atoms in total. The largest absolute Gasteiger partial charge is 0.340 e. The number of carbonyl (C=O) groups excluding carboxylic acids is 1. The minimum atomic E-state index is -3.53. The molecule has 0 spiro atoms. The summed E-state index contributed by atoms with van der Waals surface area (Å²) in [6.07, 6.45) is 5.55. The van der Waals surface area contributed by atoms with Crippen LogP contribution in [-0.4, -0.2) is 54.7 Å². The highest BCUT2D eigenvalue weighted by atomic mass is 32.2. The fourth-order valence-electron chi connectivity index (χ4n) is 3.49. The molecule has 1 aromatic carbocycles. The monoisotopic (exact) mass is 415 g/mol. The predicted octanol–water partition coefficient (Wildman–Crippen LogP) is 3.06. The maximum Gasteiger partial charge on any atom is 0.243 e. The Hall–Kier alpha value is -2.25. The van der Waals surface area contributed by atoms with E-state index in [2.05, 4.69) is 18.8 Å². The van der Waals surface area contributed by atoms with Gasteiger partial charge in [-0.15, -0.1) is 0 Å². The average molecular weight is 416 g/mol. The fourth-order valence-corrected chi connectivity index (χ4v) is 4.91. The molecule has 0 radical (unpaired) electrons. The number of aryl methyl sites for hydroxylation is 1. The van der Waals surface area contributed by atoms with Crippen molar-refractivity contribution in [3.05, 3.63) is 59.9 Å². The van der Waals surface area contributed by atoms with Crippen molar-refractivity contribution in [2.75, 3.05) is 26.2 Å². The van der Waals surface area contributed by atoms with Crippen LogP contribution in [0.15, 0.2) is 53.7 Å². The topological polar surface area (TPSA) is 70.6 Å². The number of sulfonamides is 1. The maximum absolute atomic E-state index is 12.9. The van der Waals surface area contributed by atoms with Gasteiger partial charge in [-0.05, 0) is 48.1 Å². The van der Waals surface area contributed by atoms with Crippen molar-refractivity contribution in [1.82, 2.24) is 14.2 Å². The van der Waals surface area contributed by atoms with E-state index < -0.39 is 10.0 Å². The van der Waals surface area contributed by atoms with E-state index in [9.17, 15) is 13.2 Å². The van der Waals surface area contributed by atoms with Crippen LogP contribution in [0.3, 0.4) is 0 Å². The van der Waals surface area contributed by atoms with E-state index >= 15 is 0 Å². The maximum atomic E-state index is 12.9. The summed E-state index contributed by atoms with van der Waals surface area (Å²) in [5.74, 6) is 0.469. The summed E-state index contributed by atoms with van der Waals surface area (Å²) in [6.45, 7) is 5.76. The van der Waals surface area contributed by atoms with Gasteiger partial charge in [-0.1, -0.05) is 32.0 Å². The summed E-state index contributed by atoms with van der Waals surface area (Å²) in [4.78, 5) is 18.6. The molecule has 0 N–H and O–H groups in total. The first kappa shape index (κ1) is 21.5. The third kappa shape index (κ3) is 5.22. The molecule has 1 atom stereocenters. The molecule has 29 heavy (non-hydrogen) atoms. The molecule has 7 heteroatoms. The summed E-state index contributed by atoms with van der Waals surface area (Å²) < 4.78 is 27.4. The molecule has 0 unspecified atom stereocenters. The highest BCUT2D eigenvalue weighted by Gasteiger charge is 2.30. The van der Waals surface area contributed by atoms with Crippen molar-refractivity contribution in [1.29, 1.82) is 0 Å². The summed E-state index contributed by atoms with van der Waals surface area (Å²) in [5.41, 5.74) is 2.18. The second-order valence-electron chi connectivity index (χ2n) is 7.52. The summed E-state index contributed by atoms with van der Waals surface area (Å²) in [7, 11) is -3.53. The molecule has 1 fully saturated rings. The Labute approximate surface area is 173 Å². The third-order valence-electron chi connectivity index (χ3n) is 5.64. The van der Waals surface area contributed by atoms with Gasteiger partial charge in [-0.25, -0.2) is 8.42 Å². The lowest BCUT2D eigenvalue weighted by atomic mass is 9.99. The molecule has 0 bridgehead atoms. The Balaban J connectivity index is 1.55. The average Bonchev–Trinajstić information content (AvgIpc) is 2.77. The number of hydrogen-bond acceptors (Lipinski definition) is 4. The van der Waals surface area contributed by atoms with Crippen LogP contribution in [0, 0.1) is 0 Å². The zero-order chi connectivity index (χ0) is 20.9. The molecular formula is C22H29N3O3S. The first-order chi connectivity index (χ1) is 13.9. The number of hydrogen-bond donors (Lipinski definition) is 0. The quantitative estimate of drug-likeness (QED) is 0.697. The van der Waals surface area contributed by atoms with Crippen molar-refractivity contribution in [3.8, 4) is 0 Å². The zero-order valence-electron chi connectivity index (χ0n) is 17.1. The van der Waals surface area contributed by atoms with Crippen molar-refractivity contribution < 1.29 is 13.2 Å². The lowest BCUT2D eigenvalue weighted by molar-refractivity contribution is -0.132. The molecule has 1 aromatic heterocycles. The normalized spacial score (nSPS) is 16.6. The Bertz CT molecular complexity index is 906. The number of piperazine rings is 1. The van der Waals surface area contributed by atoms with Gasteiger partial charge in [0.15, 0.2) is 0 Å². The van der Waals surface area contributed by atoms with Gasteiger partial charge in [-0.2, -0.15) is 4.31 Å². The second kappa shape index (κ2) is 9.50. The summed E-state index contributed by atoms with van der Waals surface area (Å²) >= 11 is 0. The Morgan fingerprint density at radius 1 is 1.10 bits per heavy atom. The smallest absolute Gasteiger partial charge is 0.243 e. The summed E-state index contributed by atoms with van der Waals surface area (Å²) in [5, 5.41) is 0. The van der Waals surface area contributed by atoms with Gasteiger partial charge in [0.05, 0.1) is 4.90 Å². The Morgan fingerprint density at radius 2 is 1.79 bits per heavy atom. The van der Waals surface area contributed by atoms with Crippen LogP contribution in [0.2, 0.25) is 0 Å². The minimum Gasteiger partial charge on any atom is -0.340 e. The highest BCUT2D eigenvalue weighted by molar-refractivity contribution is 7.89. The van der Waals surface area contributed by atoms with E-state index in [1.807, 2.05) is 24.3 Å². The molecule has 0 aliphatic carbocycles. The van der Waals surface area contributed by atoms with Gasteiger partial charge in [0.2, 0.25) is 15.9 Å². The fraction of sp³-hybridized carbons (Fsp3) is 0.455. The molecule has 1 amide bonds. The Morgan fingerprint density at radius 3 is 2.38 bits per heavy atom. The molecule has 1 saturated heterocycles. The highest BCUT2D eigenvalue weighted by Crippen LogP contribution is 2.23. The summed E-state index contributed by atoms with van der Waals surface area (Å²) in [6, 6.07) is 11.0. The van der Waals surface area contributed by atoms with Gasteiger partial charge in [0.25, 0.3) is 0 Å². The number of pyridine rings is 1. The molecule has 2 heterocycles. The van der Waals surface area contributed by atoms with Gasteiger partial charge in [-0.3, -0.25) is 9.78 Å². The van der Waals surface area contributed by atoms with Crippen LogP contribution in [0.5, 0.6) is 0 Å².